The first-order chi connectivity index (χ1) is 14.1. The molecule has 1 aliphatic heterocycles. The molecule has 2 heterocycles. The molecule has 8 heteroatoms. The van der Waals surface area contributed by atoms with Crippen LogP contribution in [0.3, 0.4) is 0 Å². The lowest BCUT2D eigenvalue weighted by Crippen LogP contribution is -2.35. The summed E-state index contributed by atoms with van der Waals surface area (Å²) in [6.07, 6.45) is 3.60. The molecule has 1 saturated heterocycles. The first-order valence-corrected chi connectivity index (χ1v) is 10.6. The van der Waals surface area contributed by atoms with Crippen molar-refractivity contribution in [3.63, 3.8) is 0 Å². The number of aliphatic hydroxyl groups is 1. The zero-order valence-electron chi connectivity index (χ0n) is 17.4. The van der Waals surface area contributed by atoms with Crippen molar-refractivity contribution in [1.29, 1.82) is 0 Å². The molecule has 1 aliphatic carbocycles. The van der Waals surface area contributed by atoms with Crippen molar-refractivity contribution in [3.8, 4) is 11.4 Å². The van der Waals surface area contributed by atoms with Crippen molar-refractivity contribution in [1.82, 2.24) is 14.8 Å². The number of benzene rings is 2. The van der Waals surface area contributed by atoms with Crippen LogP contribution in [0.4, 0.5) is 5.69 Å². The predicted molar refractivity (Wildman–Crippen MR) is 130 cm³/mol. The van der Waals surface area contributed by atoms with Gasteiger partial charge in [0.15, 0.2) is 5.82 Å². The summed E-state index contributed by atoms with van der Waals surface area (Å²) in [7, 11) is 2.03. The Bertz CT molecular complexity index is 1030. The van der Waals surface area contributed by atoms with Gasteiger partial charge in [-0.3, -0.25) is 0 Å². The number of anilines is 1. The van der Waals surface area contributed by atoms with Gasteiger partial charge < -0.3 is 14.6 Å². The fourth-order valence-electron chi connectivity index (χ4n) is 4.51. The smallest absolute Gasteiger partial charge is 0.165 e. The number of aromatic nitrogens is 3. The van der Waals surface area contributed by atoms with Crippen LogP contribution in [0.5, 0.6) is 0 Å². The fourth-order valence-corrected chi connectivity index (χ4v) is 4.77. The summed E-state index contributed by atoms with van der Waals surface area (Å²) in [6.45, 7) is 1.70. The average Bonchev–Trinajstić information content (AvgIpc) is 3.46. The van der Waals surface area contributed by atoms with E-state index in [1.807, 2.05) is 25.2 Å². The van der Waals surface area contributed by atoms with Gasteiger partial charge >= 0.3 is 0 Å². The van der Waals surface area contributed by atoms with E-state index in [0.29, 0.717) is 5.02 Å². The fraction of sp³-hybridized carbons (Fsp3) is 0.391. The van der Waals surface area contributed by atoms with Crippen LogP contribution in [0.2, 0.25) is 5.02 Å². The van der Waals surface area contributed by atoms with Gasteiger partial charge in [-0.1, -0.05) is 41.9 Å². The molecule has 0 unspecified atom stereocenters. The molecule has 5 nitrogen and oxygen atoms in total. The standard InChI is InChI=1S/C23H25ClN4O.2ClH/c1-27-21(25-26-22(27)23(11-12-23)16-5-3-2-4-6-16)19-8-7-17(15-20(19)24)28-13-9-18(29)10-14-28;;/h2-8,15,18,29H,9-14H2,1H3;2*1H. The van der Waals surface area contributed by atoms with E-state index in [2.05, 4.69) is 50.0 Å². The molecule has 0 atom stereocenters. The Morgan fingerprint density at radius 2 is 1.68 bits per heavy atom. The number of halogens is 3. The molecular weight excluding hydrogens is 455 g/mol. The Kier molecular flexibility index (Phi) is 7.21. The maximum absolute atomic E-state index is 9.74. The van der Waals surface area contributed by atoms with Gasteiger partial charge in [-0.05, 0) is 49.4 Å². The topological polar surface area (TPSA) is 54.2 Å². The van der Waals surface area contributed by atoms with E-state index < -0.39 is 0 Å². The van der Waals surface area contributed by atoms with Crippen molar-refractivity contribution in [2.75, 3.05) is 18.0 Å². The number of nitrogens with zero attached hydrogens (tertiary/aromatic N) is 4. The molecule has 0 spiro atoms. The van der Waals surface area contributed by atoms with Gasteiger partial charge in [0.2, 0.25) is 0 Å². The molecule has 1 aromatic heterocycles. The van der Waals surface area contributed by atoms with E-state index in [1.54, 1.807) is 0 Å². The van der Waals surface area contributed by atoms with Gasteiger partial charge in [-0.2, -0.15) is 0 Å². The molecule has 2 aromatic carbocycles. The van der Waals surface area contributed by atoms with Crippen molar-refractivity contribution in [2.45, 2.75) is 37.2 Å². The molecule has 5 rings (SSSR count). The lowest BCUT2D eigenvalue weighted by molar-refractivity contribution is 0.145. The minimum atomic E-state index is -0.183. The molecule has 1 saturated carbocycles. The second-order valence-corrected chi connectivity index (χ2v) is 8.64. The van der Waals surface area contributed by atoms with Crippen molar-refractivity contribution < 1.29 is 5.11 Å². The monoisotopic (exact) mass is 480 g/mol. The highest BCUT2D eigenvalue weighted by atomic mass is 35.5. The molecule has 1 N–H and O–H groups in total. The first kappa shape index (κ1) is 23.9. The van der Waals surface area contributed by atoms with E-state index in [9.17, 15) is 5.11 Å². The van der Waals surface area contributed by atoms with Gasteiger partial charge in [0, 0.05) is 31.4 Å². The number of rotatable bonds is 4. The Labute approximate surface area is 200 Å². The largest absolute Gasteiger partial charge is 0.393 e. The summed E-state index contributed by atoms with van der Waals surface area (Å²) in [6, 6.07) is 16.7. The normalized spacial score (nSPS) is 17.6. The second-order valence-electron chi connectivity index (χ2n) is 8.24. The molecule has 31 heavy (non-hydrogen) atoms. The van der Waals surface area contributed by atoms with Crippen LogP contribution >= 0.6 is 36.4 Å². The summed E-state index contributed by atoms with van der Waals surface area (Å²) in [5, 5.41) is 19.5. The van der Waals surface area contributed by atoms with Crippen LogP contribution in [-0.4, -0.2) is 39.1 Å². The molecule has 0 amide bonds. The van der Waals surface area contributed by atoms with Gasteiger partial charge in [0.25, 0.3) is 0 Å². The van der Waals surface area contributed by atoms with Crippen LogP contribution in [-0.2, 0) is 12.5 Å². The van der Waals surface area contributed by atoms with Gasteiger partial charge in [0.1, 0.15) is 5.82 Å². The number of hydrogen-bond acceptors (Lipinski definition) is 4. The Balaban J connectivity index is 0.00000136. The van der Waals surface area contributed by atoms with Crippen molar-refractivity contribution in [2.24, 2.45) is 7.05 Å². The average molecular weight is 482 g/mol. The lowest BCUT2D eigenvalue weighted by atomic mass is 9.95. The molecule has 2 fully saturated rings. The zero-order chi connectivity index (χ0) is 20.0. The SMILES string of the molecule is Cl.Cl.Cn1c(-c2ccc(N3CCC(O)CC3)cc2Cl)nnc1C1(c2ccccc2)CC1. The highest BCUT2D eigenvalue weighted by Crippen LogP contribution is 2.53. The Morgan fingerprint density at radius 1 is 1.00 bits per heavy atom. The molecule has 0 radical (unpaired) electrons. The van der Waals surface area contributed by atoms with E-state index in [0.717, 1.165) is 61.7 Å². The molecule has 166 valence electrons. The Hall–Kier alpha value is -1.79. The highest BCUT2D eigenvalue weighted by Gasteiger charge is 2.49. The van der Waals surface area contributed by atoms with Crippen LogP contribution < -0.4 is 4.90 Å². The summed E-state index contributed by atoms with van der Waals surface area (Å²) >= 11 is 6.68. The van der Waals surface area contributed by atoms with E-state index in [-0.39, 0.29) is 36.3 Å². The van der Waals surface area contributed by atoms with Gasteiger partial charge in [-0.15, -0.1) is 35.0 Å². The van der Waals surface area contributed by atoms with Crippen molar-refractivity contribution >= 4 is 42.1 Å². The highest BCUT2D eigenvalue weighted by molar-refractivity contribution is 6.33. The third-order valence-corrected chi connectivity index (χ3v) is 6.72. The number of piperidine rings is 1. The van der Waals surface area contributed by atoms with Gasteiger partial charge in [0.05, 0.1) is 16.5 Å². The lowest BCUT2D eigenvalue weighted by Gasteiger charge is -2.31. The van der Waals surface area contributed by atoms with Crippen LogP contribution in [0.15, 0.2) is 48.5 Å². The number of hydrogen-bond donors (Lipinski definition) is 1. The van der Waals surface area contributed by atoms with Crippen LogP contribution in [0.25, 0.3) is 11.4 Å². The van der Waals surface area contributed by atoms with Crippen LogP contribution in [0, 0.1) is 0 Å². The third kappa shape index (κ3) is 4.29. The molecule has 3 aromatic rings. The van der Waals surface area contributed by atoms with Crippen LogP contribution in [0.1, 0.15) is 37.1 Å². The van der Waals surface area contributed by atoms with Crippen molar-refractivity contribution in [3.05, 3.63) is 64.9 Å². The summed E-state index contributed by atoms with van der Waals surface area (Å²) < 4.78 is 2.10. The minimum absolute atomic E-state index is 0. The summed E-state index contributed by atoms with van der Waals surface area (Å²) in [5.74, 6) is 1.80. The summed E-state index contributed by atoms with van der Waals surface area (Å²) in [5.41, 5.74) is 3.27. The summed E-state index contributed by atoms with van der Waals surface area (Å²) in [4.78, 5) is 2.28. The predicted octanol–water partition coefficient (Wildman–Crippen LogP) is 5.02. The first-order valence-electron chi connectivity index (χ1n) is 10.3. The van der Waals surface area contributed by atoms with E-state index in [4.69, 9.17) is 11.6 Å². The van der Waals surface area contributed by atoms with Gasteiger partial charge in [-0.25, -0.2) is 0 Å². The van der Waals surface area contributed by atoms with E-state index >= 15 is 0 Å². The quantitative estimate of drug-likeness (QED) is 0.568. The minimum Gasteiger partial charge on any atom is -0.393 e. The molecular formula is C23H27Cl3N4O. The third-order valence-electron chi connectivity index (χ3n) is 6.40. The Morgan fingerprint density at radius 3 is 2.29 bits per heavy atom. The maximum Gasteiger partial charge on any atom is 0.165 e. The second kappa shape index (κ2) is 9.37. The molecule has 0 bridgehead atoms. The van der Waals surface area contributed by atoms with E-state index in [1.165, 1.54) is 5.56 Å². The number of aliphatic hydroxyl groups excluding tert-OH is 1. The zero-order valence-corrected chi connectivity index (χ0v) is 19.8. The molecule has 2 aliphatic rings. The maximum atomic E-state index is 9.74.